The van der Waals surface area contributed by atoms with E-state index in [1.54, 1.807) is 0 Å². The molecule has 2 unspecified atom stereocenters. The lowest BCUT2D eigenvalue weighted by molar-refractivity contribution is 0.0398. The number of rotatable bonds is 10. The molecular formula is C30H40Cl2N2O2. The van der Waals surface area contributed by atoms with Gasteiger partial charge in [0.05, 0.1) is 6.04 Å². The lowest BCUT2D eigenvalue weighted by atomic mass is 9.96. The Labute approximate surface area is 229 Å². The molecule has 3 aromatic rings. The van der Waals surface area contributed by atoms with E-state index in [1.165, 1.54) is 16.7 Å². The minimum Gasteiger partial charge on any atom is -0.491 e. The summed E-state index contributed by atoms with van der Waals surface area (Å²) < 4.78 is 6.05. The average Bonchev–Trinajstić information content (AvgIpc) is 2.89. The maximum absolute atomic E-state index is 10.7. The summed E-state index contributed by atoms with van der Waals surface area (Å²) in [6.07, 6.45) is 0.566. The van der Waals surface area contributed by atoms with E-state index in [9.17, 15) is 5.11 Å². The Morgan fingerprint density at radius 3 is 1.86 bits per heavy atom. The highest BCUT2D eigenvalue weighted by Gasteiger charge is 2.27. The molecule has 0 aromatic heterocycles. The van der Waals surface area contributed by atoms with Crippen LogP contribution in [0.3, 0.4) is 0 Å². The first-order valence-electron chi connectivity index (χ1n) is 12.6. The van der Waals surface area contributed by atoms with Gasteiger partial charge in [-0.3, -0.25) is 9.80 Å². The minimum atomic E-state index is -0.504. The van der Waals surface area contributed by atoms with E-state index in [0.717, 1.165) is 38.3 Å². The molecule has 3 aromatic carbocycles. The van der Waals surface area contributed by atoms with E-state index in [1.807, 2.05) is 12.1 Å². The maximum atomic E-state index is 10.7. The molecule has 6 heteroatoms. The van der Waals surface area contributed by atoms with Gasteiger partial charge in [0.1, 0.15) is 18.5 Å². The van der Waals surface area contributed by atoms with Gasteiger partial charge in [-0.2, -0.15) is 0 Å². The third-order valence-corrected chi connectivity index (χ3v) is 6.97. The molecule has 1 fully saturated rings. The minimum absolute atomic E-state index is 0. The second kappa shape index (κ2) is 15.2. The van der Waals surface area contributed by atoms with Gasteiger partial charge in [0, 0.05) is 32.7 Å². The lowest BCUT2D eigenvalue weighted by Crippen LogP contribution is -2.50. The van der Waals surface area contributed by atoms with Gasteiger partial charge in [0.25, 0.3) is 0 Å². The van der Waals surface area contributed by atoms with Gasteiger partial charge in [-0.05, 0) is 35.1 Å². The number of ether oxygens (including phenoxy) is 1. The normalized spacial score (nSPS) is 16.0. The summed E-state index contributed by atoms with van der Waals surface area (Å²) in [5.41, 5.74) is 3.88. The number of aliphatic hydroxyl groups is 1. The average molecular weight is 532 g/mol. The Morgan fingerprint density at radius 1 is 0.778 bits per heavy atom. The number of para-hydroxylation sites is 1. The summed E-state index contributed by atoms with van der Waals surface area (Å²) in [4.78, 5) is 4.92. The number of hydrogen-bond donors (Lipinski definition) is 1. The summed E-state index contributed by atoms with van der Waals surface area (Å²) in [5.74, 6) is 1.35. The summed E-state index contributed by atoms with van der Waals surface area (Å²) in [6.45, 7) is 9.20. The highest BCUT2D eigenvalue weighted by atomic mass is 35.5. The number of hydrogen-bond acceptors (Lipinski definition) is 4. The molecule has 0 spiro atoms. The van der Waals surface area contributed by atoms with Crippen molar-refractivity contribution < 1.29 is 9.84 Å². The second-order valence-corrected chi connectivity index (χ2v) is 9.37. The van der Waals surface area contributed by atoms with Crippen molar-refractivity contribution in [1.29, 1.82) is 0 Å². The summed E-state index contributed by atoms with van der Waals surface area (Å²) in [7, 11) is 0. The van der Waals surface area contributed by atoms with Crippen molar-refractivity contribution in [2.45, 2.75) is 38.3 Å². The molecule has 4 rings (SSSR count). The van der Waals surface area contributed by atoms with Crippen molar-refractivity contribution in [3.63, 3.8) is 0 Å². The van der Waals surface area contributed by atoms with E-state index in [-0.39, 0.29) is 30.9 Å². The van der Waals surface area contributed by atoms with Crippen molar-refractivity contribution in [2.24, 2.45) is 0 Å². The van der Waals surface area contributed by atoms with Crippen molar-refractivity contribution >= 4 is 24.8 Å². The first kappa shape index (κ1) is 30.1. The highest BCUT2D eigenvalue weighted by molar-refractivity contribution is 5.85. The predicted molar refractivity (Wildman–Crippen MR) is 154 cm³/mol. The molecule has 1 heterocycles. The van der Waals surface area contributed by atoms with Crippen LogP contribution < -0.4 is 4.74 Å². The number of nitrogens with zero attached hydrogens (tertiary/aromatic N) is 2. The van der Waals surface area contributed by atoms with Crippen LogP contribution in [0.5, 0.6) is 5.75 Å². The Hall–Kier alpha value is -2.08. The number of piperazine rings is 1. The lowest BCUT2D eigenvalue weighted by Gasteiger charge is -2.40. The van der Waals surface area contributed by atoms with Gasteiger partial charge in [-0.25, -0.2) is 0 Å². The third kappa shape index (κ3) is 7.96. The number of halogens is 2. The Kier molecular flexibility index (Phi) is 12.8. The number of β-amino-alcohol motifs (C(OH)–C–C–N with tert-alkyl or cyclic N) is 1. The van der Waals surface area contributed by atoms with Gasteiger partial charge in [0.15, 0.2) is 0 Å². The maximum Gasteiger partial charge on any atom is 0.122 e. The van der Waals surface area contributed by atoms with Gasteiger partial charge < -0.3 is 9.84 Å². The molecule has 0 aliphatic carbocycles. The van der Waals surface area contributed by atoms with E-state index in [4.69, 9.17) is 4.74 Å². The summed E-state index contributed by atoms with van der Waals surface area (Å²) >= 11 is 0. The molecule has 0 radical (unpaired) electrons. The zero-order valence-electron chi connectivity index (χ0n) is 21.3. The predicted octanol–water partition coefficient (Wildman–Crippen LogP) is 6.19. The van der Waals surface area contributed by atoms with Gasteiger partial charge in [-0.1, -0.05) is 92.7 Å². The van der Waals surface area contributed by atoms with Crippen LogP contribution >= 0.6 is 24.8 Å². The van der Waals surface area contributed by atoms with Crippen LogP contribution in [0.2, 0.25) is 0 Å². The van der Waals surface area contributed by atoms with E-state index in [0.29, 0.717) is 19.1 Å². The molecule has 1 aliphatic rings. The molecule has 0 bridgehead atoms. The molecule has 1 saturated heterocycles. The molecule has 2 atom stereocenters. The van der Waals surface area contributed by atoms with Crippen LogP contribution in [0.4, 0.5) is 0 Å². The van der Waals surface area contributed by atoms with E-state index >= 15 is 0 Å². The molecule has 4 nitrogen and oxygen atoms in total. The van der Waals surface area contributed by atoms with E-state index < -0.39 is 6.10 Å². The largest absolute Gasteiger partial charge is 0.491 e. The topological polar surface area (TPSA) is 35.9 Å². The number of aliphatic hydroxyl groups excluding tert-OH is 1. The van der Waals surface area contributed by atoms with Gasteiger partial charge >= 0.3 is 0 Å². The van der Waals surface area contributed by atoms with Crippen LogP contribution in [0.1, 0.15) is 48.9 Å². The van der Waals surface area contributed by atoms with Crippen LogP contribution in [0, 0.1) is 0 Å². The van der Waals surface area contributed by atoms with Crippen LogP contribution in [0.25, 0.3) is 0 Å². The molecular weight excluding hydrogens is 491 g/mol. The standard InChI is InChI=1S/C30H38N2O2.2ClH/c1-3-24(2)28-16-10-11-17-29(28)34-23-27(33)22-31-18-20-32(21-19-31)30(25-12-6-4-7-13-25)26-14-8-5-9-15-26;;/h4-17,24,27,30,33H,3,18-23H2,1-2H3;2*1H. The number of benzene rings is 3. The first-order valence-corrected chi connectivity index (χ1v) is 12.6. The fourth-order valence-corrected chi connectivity index (χ4v) is 4.86. The van der Waals surface area contributed by atoms with E-state index in [2.05, 4.69) is 96.4 Å². The Bertz CT molecular complexity index is 959. The molecule has 1 N–H and O–H groups in total. The fourth-order valence-electron chi connectivity index (χ4n) is 4.86. The SMILES string of the molecule is CCC(C)c1ccccc1OCC(O)CN1CCN(C(c2ccccc2)c2ccccc2)CC1.Cl.Cl. The van der Waals surface area contributed by atoms with Crippen molar-refractivity contribution in [3.8, 4) is 5.75 Å². The van der Waals surface area contributed by atoms with Gasteiger partial charge in [-0.15, -0.1) is 24.8 Å². The monoisotopic (exact) mass is 530 g/mol. The fraction of sp³-hybridized carbons (Fsp3) is 0.400. The Morgan fingerprint density at radius 2 is 1.31 bits per heavy atom. The Balaban J connectivity index is 0.00000228. The molecule has 196 valence electrons. The van der Waals surface area contributed by atoms with Crippen LogP contribution in [-0.2, 0) is 0 Å². The second-order valence-electron chi connectivity index (χ2n) is 9.37. The van der Waals surface area contributed by atoms with Crippen LogP contribution in [0.15, 0.2) is 84.9 Å². The van der Waals surface area contributed by atoms with Gasteiger partial charge in [0.2, 0.25) is 0 Å². The van der Waals surface area contributed by atoms with Crippen molar-refractivity contribution in [1.82, 2.24) is 9.80 Å². The molecule has 0 saturated carbocycles. The first-order chi connectivity index (χ1) is 16.7. The highest BCUT2D eigenvalue weighted by Crippen LogP contribution is 2.30. The quantitative estimate of drug-likeness (QED) is 0.339. The smallest absolute Gasteiger partial charge is 0.122 e. The summed E-state index contributed by atoms with van der Waals surface area (Å²) in [6, 6.07) is 30.0. The van der Waals surface area contributed by atoms with Crippen molar-refractivity contribution in [3.05, 3.63) is 102 Å². The molecule has 36 heavy (non-hydrogen) atoms. The van der Waals surface area contributed by atoms with Crippen LogP contribution in [-0.4, -0.2) is 60.3 Å². The molecule has 1 aliphatic heterocycles. The third-order valence-electron chi connectivity index (χ3n) is 6.97. The zero-order valence-corrected chi connectivity index (χ0v) is 23.0. The molecule has 0 amide bonds. The van der Waals surface area contributed by atoms with Crippen molar-refractivity contribution in [2.75, 3.05) is 39.3 Å². The summed E-state index contributed by atoms with van der Waals surface area (Å²) in [5, 5.41) is 10.7. The zero-order chi connectivity index (χ0) is 23.8.